The Kier molecular flexibility index (Phi) is 4.75. The smallest absolute Gasteiger partial charge is 0.221 e. The minimum atomic E-state index is -0.131. The molecule has 0 saturated heterocycles. The zero-order valence-electron chi connectivity index (χ0n) is 15.0. The Bertz CT molecular complexity index is 940. The van der Waals surface area contributed by atoms with Gasteiger partial charge >= 0.3 is 0 Å². The fourth-order valence-corrected chi connectivity index (χ4v) is 3.17. The molecule has 1 unspecified atom stereocenters. The van der Waals surface area contributed by atoms with Crippen molar-refractivity contribution in [2.75, 3.05) is 5.32 Å². The molecule has 0 bridgehead atoms. The summed E-state index contributed by atoms with van der Waals surface area (Å²) in [5.74, 6) is 1.96. The molecule has 0 radical (unpaired) electrons. The van der Waals surface area contributed by atoms with Crippen LogP contribution in [0.25, 0.3) is 0 Å². The van der Waals surface area contributed by atoms with Gasteiger partial charge in [0.25, 0.3) is 0 Å². The normalized spacial score (nSPS) is 15.4. The van der Waals surface area contributed by atoms with E-state index in [4.69, 9.17) is 9.47 Å². The Balaban J connectivity index is 1.45. The number of amides is 1. The zero-order valence-corrected chi connectivity index (χ0v) is 15.0. The van der Waals surface area contributed by atoms with Gasteiger partial charge in [-0.25, -0.2) is 4.98 Å². The first-order valence-corrected chi connectivity index (χ1v) is 8.93. The molecule has 2 aromatic carbocycles. The predicted octanol–water partition coefficient (Wildman–Crippen LogP) is 4.90. The van der Waals surface area contributed by atoms with Crippen molar-refractivity contribution >= 4 is 11.6 Å². The van der Waals surface area contributed by atoms with Gasteiger partial charge in [0.15, 0.2) is 0 Å². The highest BCUT2D eigenvalue weighted by molar-refractivity contribution is 5.88. The van der Waals surface area contributed by atoms with Crippen molar-refractivity contribution in [2.24, 2.45) is 0 Å². The van der Waals surface area contributed by atoms with Crippen LogP contribution in [0, 0.1) is 0 Å². The predicted molar refractivity (Wildman–Crippen MR) is 103 cm³/mol. The molecule has 5 nitrogen and oxygen atoms in total. The summed E-state index contributed by atoms with van der Waals surface area (Å²) in [4.78, 5) is 15.3. The summed E-state index contributed by atoms with van der Waals surface area (Å²) in [6, 6.07) is 19.6. The Hall–Kier alpha value is -3.34. The first-order valence-electron chi connectivity index (χ1n) is 8.93. The number of hydrogen-bond donors (Lipinski definition) is 1. The summed E-state index contributed by atoms with van der Waals surface area (Å²) in [6.45, 7) is 1.46. The number of hydrogen-bond acceptors (Lipinski definition) is 4. The van der Waals surface area contributed by atoms with Crippen molar-refractivity contribution in [3.8, 4) is 17.4 Å². The molecular weight excluding hydrogens is 340 g/mol. The summed E-state index contributed by atoms with van der Waals surface area (Å²) in [5, 5.41) is 2.68. The van der Waals surface area contributed by atoms with E-state index >= 15 is 0 Å². The molecule has 1 amide bonds. The summed E-state index contributed by atoms with van der Waals surface area (Å²) >= 11 is 0. The van der Waals surface area contributed by atoms with E-state index in [0.29, 0.717) is 11.6 Å². The number of ether oxygens (including phenoxy) is 2. The van der Waals surface area contributed by atoms with E-state index in [1.165, 1.54) is 12.5 Å². The molecule has 27 heavy (non-hydrogen) atoms. The quantitative estimate of drug-likeness (QED) is 0.719. The van der Waals surface area contributed by atoms with Crippen LogP contribution in [-0.2, 0) is 11.2 Å². The maximum atomic E-state index is 11.1. The Morgan fingerprint density at radius 2 is 2.00 bits per heavy atom. The number of carbonyl (C=O) groups excluding carboxylic acids is 1. The second-order valence-corrected chi connectivity index (χ2v) is 6.49. The molecule has 1 atom stereocenters. The molecular formula is C22H20N2O3. The topological polar surface area (TPSA) is 60.5 Å². The van der Waals surface area contributed by atoms with E-state index in [0.717, 1.165) is 29.9 Å². The van der Waals surface area contributed by atoms with Gasteiger partial charge in [0, 0.05) is 13.0 Å². The third-order valence-electron chi connectivity index (χ3n) is 4.43. The van der Waals surface area contributed by atoms with Gasteiger partial charge in [-0.15, -0.1) is 0 Å². The number of carbonyl (C=O) groups is 1. The van der Waals surface area contributed by atoms with Gasteiger partial charge in [-0.05, 0) is 48.2 Å². The average molecular weight is 360 g/mol. The summed E-state index contributed by atoms with van der Waals surface area (Å²) in [6.07, 6.45) is 3.53. The number of anilines is 1. The molecule has 0 fully saturated rings. The van der Waals surface area contributed by atoms with Crippen molar-refractivity contribution in [3.63, 3.8) is 0 Å². The van der Waals surface area contributed by atoms with E-state index in [-0.39, 0.29) is 12.0 Å². The van der Waals surface area contributed by atoms with Crippen LogP contribution in [0.2, 0.25) is 0 Å². The first-order chi connectivity index (χ1) is 13.2. The summed E-state index contributed by atoms with van der Waals surface area (Å²) < 4.78 is 12.0. The zero-order chi connectivity index (χ0) is 18.6. The van der Waals surface area contributed by atoms with Crippen LogP contribution in [0.3, 0.4) is 0 Å². The van der Waals surface area contributed by atoms with E-state index in [1.54, 1.807) is 18.3 Å². The Morgan fingerprint density at radius 1 is 1.15 bits per heavy atom. The molecule has 1 aromatic heterocycles. The SMILES string of the molecule is CC(=O)Nc1ccc(Oc2ccc3c(c2)CCC(c2ccccc2)O3)nc1. The van der Waals surface area contributed by atoms with E-state index in [2.05, 4.69) is 22.4 Å². The average Bonchev–Trinajstić information content (AvgIpc) is 2.69. The van der Waals surface area contributed by atoms with Crippen molar-refractivity contribution in [2.45, 2.75) is 25.9 Å². The van der Waals surface area contributed by atoms with Gasteiger partial charge < -0.3 is 14.8 Å². The third kappa shape index (κ3) is 4.08. The fourth-order valence-electron chi connectivity index (χ4n) is 3.17. The van der Waals surface area contributed by atoms with Crippen molar-refractivity contribution < 1.29 is 14.3 Å². The monoisotopic (exact) mass is 360 g/mol. The van der Waals surface area contributed by atoms with Gasteiger partial charge in [0.1, 0.15) is 17.6 Å². The van der Waals surface area contributed by atoms with Crippen molar-refractivity contribution in [1.29, 1.82) is 0 Å². The molecule has 136 valence electrons. The van der Waals surface area contributed by atoms with Crippen LogP contribution < -0.4 is 14.8 Å². The number of aryl methyl sites for hydroxylation is 1. The molecule has 0 aliphatic carbocycles. The van der Waals surface area contributed by atoms with E-state index in [9.17, 15) is 4.79 Å². The summed E-state index contributed by atoms with van der Waals surface area (Å²) in [5.41, 5.74) is 2.97. The second-order valence-electron chi connectivity index (χ2n) is 6.49. The van der Waals surface area contributed by atoms with E-state index < -0.39 is 0 Å². The van der Waals surface area contributed by atoms with Gasteiger partial charge in [0.05, 0.1) is 11.9 Å². The minimum Gasteiger partial charge on any atom is -0.485 e. The third-order valence-corrected chi connectivity index (χ3v) is 4.43. The molecule has 0 spiro atoms. The Labute approximate surface area is 158 Å². The van der Waals surface area contributed by atoms with Crippen molar-refractivity contribution in [3.05, 3.63) is 78.0 Å². The summed E-state index contributed by atoms with van der Waals surface area (Å²) in [7, 11) is 0. The van der Waals surface area contributed by atoms with Crippen molar-refractivity contribution in [1.82, 2.24) is 4.98 Å². The van der Waals surface area contributed by atoms with Crippen LogP contribution in [0.1, 0.15) is 30.6 Å². The number of aromatic nitrogens is 1. The highest BCUT2D eigenvalue weighted by Crippen LogP contribution is 2.37. The number of nitrogens with one attached hydrogen (secondary N) is 1. The molecule has 2 heterocycles. The maximum absolute atomic E-state index is 11.1. The number of fused-ring (bicyclic) bond motifs is 1. The van der Waals surface area contributed by atoms with Crippen LogP contribution in [0.15, 0.2) is 66.9 Å². The molecule has 0 saturated carbocycles. The van der Waals surface area contributed by atoms with Gasteiger partial charge in [-0.1, -0.05) is 30.3 Å². The number of rotatable bonds is 4. The highest BCUT2D eigenvalue weighted by atomic mass is 16.5. The van der Waals surface area contributed by atoms with Gasteiger partial charge in [-0.3, -0.25) is 4.79 Å². The Morgan fingerprint density at radius 3 is 2.74 bits per heavy atom. The largest absolute Gasteiger partial charge is 0.485 e. The second kappa shape index (κ2) is 7.50. The lowest BCUT2D eigenvalue weighted by Gasteiger charge is -2.26. The number of benzene rings is 2. The first kappa shape index (κ1) is 17.1. The lowest BCUT2D eigenvalue weighted by atomic mass is 9.97. The molecule has 5 heteroatoms. The highest BCUT2D eigenvalue weighted by Gasteiger charge is 2.21. The molecule has 1 N–H and O–H groups in total. The van der Waals surface area contributed by atoms with Gasteiger partial charge in [-0.2, -0.15) is 0 Å². The van der Waals surface area contributed by atoms with Crippen LogP contribution >= 0.6 is 0 Å². The lowest BCUT2D eigenvalue weighted by Crippen LogP contribution is -2.15. The lowest BCUT2D eigenvalue weighted by molar-refractivity contribution is -0.114. The standard InChI is InChI=1S/C22H20N2O3/c1-15(25)24-18-8-12-22(23-14-18)26-19-9-11-21-17(13-19)7-10-20(27-21)16-5-3-2-4-6-16/h2-6,8-9,11-14,20H,7,10H2,1H3,(H,24,25). The molecule has 1 aliphatic heterocycles. The molecule has 1 aliphatic rings. The van der Waals surface area contributed by atoms with Gasteiger partial charge in [0.2, 0.25) is 11.8 Å². The van der Waals surface area contributed by atoms with E-state index in [1.807, 2.05) is 36.4 Å². The maximum Gasteiger partial charge on any atom is 0.221 e. The minimum absolute atomic E-state index is 0.0912. The molecule has 4 rings (SSSR count). The number of nitrogens with zero attached hydrogens (tertiary/aromatic N) is 1. The fraction of sp³-hybridized carbons (Fsp3) is 0.182. The van der Waals surface area contributed by atoms with Crippen LogP contribution in [0.5, 0.6) is 17.4 Å². The molecule has 3 aromatic rings. The number of pyridine rings is 1. The van der Waals surface area contributed by atoms with Crippen LogP contribution in [0.4, 0.5) is 5.69 Å². The van der Waals surface area contributed by atoms with Crippen LogP contribution in [-0.4, -0.2) is 10.9 Å².